The Balaban J connectivity index is 0.00000363. The average molecular weight is 550 g/mol. The highest BCUT2D eigenvalue weighted by Crippen LogP contribution is 2.18. The van der Waals surface area contributed by atoms with Crippen molar-refractivity contribution >= 4 is 29.9 Å². The maximum atomic E-state index is 4.87. The van der Waals surface area contributed by atoms with Crippen molar-refractivity contribution in [3.8, 4) is 5.69 Å². The Morgan fingerprint density at radius 3 is 2.44 bits per heavy atom. The van der Waals surface area contributed by atoms with E-state index in [-0.39, 0.29) is 30.0 Å². The van der Waals surface area contributed by atoms with Gasteiger partial charge in [0.1, 0.15) is 0 Å². The molecule has 1 atom stereocenters. The SMILES string of the molecule is CCNC(=NCc1ccccc1-n1nc(C)cc1C)NC(C)Cc1c(C)nn(C)c1C.I. The van der Waals surface area contributed by atoms with Gasteiger partial charge in [0.25, 0.3) is 0 Å². The summed E-state index contributed by atoms with van der Waals surface area (Å²) in [5, 5.41) is 16.1. The van der Waals surface area contributed by atoms with Gasteiger partial charge in [-0.15, -0.1) is 24.0 Å². The second-order valence-electron chi connectivity index (χ2n) is 8.19. The van der Waals surface area contributed by atoms with Crippen LogP contribution in [0, 0.1) is 27.7 Å². The van der Waals surface area contributed by atoms with Crippen molar-refractivity contribution in [3.63, 3.8) is 0 Å². The van der Waals surface area contributed by atoms with Gasteiger partial charge in [0.2, 0.25) is 0 Å². The first-order chi connectivity index (χ1) is 14.8. The number of aromatic nitrogens is 4. The van der Waals surface area contributed by atoms with Gasteiger partial charge in [-0.25, -0.2) is 9.67 Å². The van der Waals surface area contributed by atoms with E-state index < -0.39 is 0 Å². The molecule has 7 nitrogen and oxygen atoms in total. The topological polar surface area (TPSA) is 72.1 Å². The van der Waals surface area contributed by atoms with Crippen LogP contribution in [0.4, 0.5) is 0 Å². The fraction of sp³-hybridized carbons (Fsp3) is 0.458. The monoisotopic (exact) mass is 549 g/mol. The van der Waals surface area contributed by atoms with Gasteiger partial charge in [-0.2, -0.15) is 10.2 Å². The summed E-state index contributed by atoms with van der Waals surface area (Å²) in [5.74, 6) is 0.817. The molecule has 0 radical (unpaired) electrons. The summed E-state index contributed by atoms with van der Waals surface area (Å²) in [5.41, 5.74) is 7.95. The van der Waals surface area contributed by atoms with Crippen LogP contribution in [0.3, 0.4) is 0 Å². The molecule has 1 unspecified atom stereocenters. The number of para-hydroxylation sites is 1. The van der Waals surface area contributed by atoms with E-state index in [0.29, 0.717) is 6.54 Å². The summed E-state index contributed by atoms with van der Waals surface area (Å²) < 4.78 is 3.95. The highest BCUT2D eigenvalue weighted by molar-refractivity contribution is 14.0. The molecule has 2 heterocycles. The smallest absolute Gasteiger partial charge is 0.191 e. The van der Waals surface area contributed by atoms with Gasteiger partial charge in [-0.05, 0) is 71.2 Å². The Labute approximate surface area is 208 Å². The van der Waals surface area contributed by atoms with Crippen molar-refractivity contribution in [1.82, 2.24) is 30.2 Å². The Morgan fingerprint density at radius 1 is 1.12 bits per heavy atom. The number of aryl methyl sites for hydroxylation is 4. The molecule has 174 valence electrons. The number of nitrogens with one attached hydrogen (secondary N) is 2. The summed E-state index contributed by atoms with van der Waals surface area (Å²) in [6, 6.07) is 10.6. The lowest BCUT2D eigenvalue weighted by atomic mass is 10.1. The van der Waals surface area contributed by atoms with Crippen LogP contribution in [-0.4, -0.2) is 38.1 Å². The number of nitrogens with zero attached hydrogens (tertiary/aromatic N) is 5. The summed E-state index contributed by atoms with van der Waals surface area (Å²) in [4.78, 5) is 4.87. The van der Waals surface area contributed by atoms with E-state index in [0.717, 1.165) is 47.3 Å². The minimum atomic E-state index is 0. The molecular weight excluding hydrogens is 513 g/mol. The van der Waals surface area contributed by atoms with E-state index >= 15 is 0 Å². The second-order valence-corrected chi connectivity index (χ2v) is 8.19. The van der Waals surface area contributed by atoms with E-state index in [9.17, 15) is 0 Å². The maximum Gasteiger partial charge on any atom is 0.191 e. The largest absolute Gasteiger partial charge is 0.357 e. The lowest BCUT2D eigenvalue weighted by Crippen LogP contribution is -2.43. The van der Waals surface area contributed by atoms with Gasteiger partial charge in [-0.1, -0.05) is 18.2 Å². The molecule has 3 rings (SSSR count). The van der Waals surface area contributed by atoms with E-state index in [4.69, 9.17) is 4.99 Å². The molecule has 2 N–H and O–H groups in total. The Morgan fingerprint density at radius 2 is 1.84 bits per heavy atom. The molecule has 32 heavy (non-hydrogen) atoms. The Bertz CT molecular complexity index is 1060. The highest BCUT2D eigenvalue weighted by Gasteiger charge is 2.14. The zero-order chi connectivity index (χ0) is 22.5. The average Bonchev–Trinajstić information content (AvgIpc) is 3.18. The molecule has 3 aromatic rings. The third-order valence-corrected chi connectivity index (χ3v) is 5.53. The fourth-order valence-electron chi connectivity index (χ4n) is 3.91. The van der Waals surface area contributed by atoms with E-state index in [2.05, 4.69) is 79.7 Å². The zero-order valence-electron chi connectivity index (χ0n) is 20.2. The van der Waals surface area contributed by atoms with Crippen LogP contribution in [-0.2, 0) is 20.0 Å². The molecule has 0 aliphatic carbocycles. The number of hydrogen-bond acceptors (Lipinski definition) is 3. The van der Waals surface area contributed by atoms with Crippen LogP contribution in [0.25, 0.3) is 5.69 Å². The van der Waals surface area contributed by atoms with E-state index in [1.807, 2.05) is 29.4 Å². The number of aliphatic imine (C=N–C) groups is 1. The first-order valence-corrected chi connectivity index (χ1v) is 11.0. The van der Waals surface area contributed by atoms with Crippen molar-refractivity contribution < 1.29 is 0 Å². The number of rotatable bonds is 7. The molecule has 0 aliphatic rings. The van der Waals surface area contributed by atoms with Crippen LogP contribution in [0.5, 0.6) is 0 Å². The zero-order valence-corrected chi connectivity index (χ0v) is 22.6. The van der Waals surface area contributed by atoms with Gasteiger partial charge in [0.15, 0.2) is 5.96 Å². The minimum Gasteiger partial charge on any atom is -0.357 e. The third kappa shape index (κ3) is 6.11. The Kier molecular flexibility index (Phi) is 9.30. The number of guanidine groups is 1. The molecule has 1 aromatic carbocycles. The molecule has 0 fully saturated rings. The predicted molar refractivity (Wildman–Crippen MR) is 142 cm³/mol. The third-order valence-electron chi connectivity index (χ3n) is 5.53. The van der Waals surface area contributed by atoms with Gasteiger partial charge in [0.05, 0.1) is 23.6 Å². The van der Waals surface area contributed by atoms with Crippen LogP contribution >= 0.6 is 24.0 Å². The minimum absolute atomic E-state index is 0. The van der Waals surface area contributed by atoms with Gasteiger partial charge < -0.3 is 10.6 Å². The standard InChI is InChI=1S/C24H35N7.HI/c1-8-25-24(27-16(2)14-22-19(5)29-30(7)20(22)6)26-15-21-11-9-10-12-23(21)31-18(4)13-17(3)28-31;/h9-13,16H,8,14-15H2,1-7H3,(H2,25,26,27);1H. The summed E-state index contributed by atoms with van der Waals surface area (Å²) in [6.07, 6.45) is 0.901. The molecule has 8 heteroatoms. The van der Waals surface area contributed by atoms with Crippen molar-refractivity contribution in [1.29, 1.82) is 0 Å². The number of hydrogen-bond donors (Lipinski definition) is 2. The van der Waals surface area contributed by atoms with Crippen molar-refractivity contribution in [2.45, 2.75) is 60.5 Å². The number of halogens is 1. The second kappa shape index (κ2) is 11.5. The molecule has 0 spiro atoms. The van der Waals surface area contributed by atoms with Crippen molar-refractivity contribution in [3.05, 3.63) is 64.2 Å². The first-order valence-electron chi connectivity index (χ1n) is 11.0. The number of benzene rings is 1. The first kappa shape index (κ1) is 25.9. The predicted octanol–water partition coefficient (Wildman–Crippen LogP) is 4.14. The van der Waals surface area contributed by atoms with Gasteiger partial charge >= 0.3 is 0 Å². The summed E-state index contributed by atoms with van der Waals surface area (Å²) >= 11 is 0. The molecule has 0 saturated heterocycles. The fourth-order valence-corrected chi connectivity index (χ4v) is 3.91. The van der Waals surface area contributed by atoms with Crippen LogP contribution in [0.2, 0.25) is 0 Å². The van der Waals surface area contributed by atoms with Gasteiger partial charge in [0, 0.05) is 31.0 Å². The molecule has 2 aromatic heterocycles. The van der Waals surface area contributed by atoms with E-state index in [1.54, 1.807) is 0 Å². The van der Waals surface area contributed by atoms with Crippen molar-refractivity contribution in [2.24, 2.45) is 12.0 Å². The molecule has 0 amide bonds. The van der Waals surface area contributed by atoms with Crippen LogP contribution < -0.4 is 10.6 Å². The normalized spacial score (nSPS) is 12.4. The van der Waals surface area contributed by atoms with Crippen LogP contribution in [0.15, 0.2) is 35.3 Å². The van der Waals surface area contributed by atoms with Crippen molar-refractivity contribution in [2.75, 3.05) is 6.54 Å². The highest BCUT2D eigenvalue weighted by atomic mass is 127. The molecule has 0 bridgehead atoms. The molecular formula is C24H36IN7. The summed E-state index contributed by atoms with van der Waals surface area (Å²) in [6.45, 7) is 13.9. The lowest BCUT2D eigenvalue weighted by molar-refractivity contribution is 0.635. The van der Waals surface area contributed by atoms with E-state index in [1.165, 1.54) is 11.3 Å². The molecule has 0 aliphatic heterocycles. The van der Waals surface area contributed by atoms with Crippen LogP contribution in [0.1, 0.15) is 47.8 Å². The Hall–Kier alpha value is -2.36. The van der Waals surface area contributed by atoms with Gasteiger partial charge in [-0.3, -0.25) is 4.68 Å². The summed E-state index contributed by atoms with van der Waals surface area (Å²) in [7, 11) is 2.00. The molecule has 0 saturated carbocycles. The maximum absolute atomic E-state index is 4.87. The quantitative estimate of drug-likeness (QED) is 0.264. The lowest BCUT2D eigenvalue weighted by Gasteiger charge is -2.18.